The highest BCUT2D eigenvalue weighted by atomic mass is 79.9. The predicted octanol–water partition coefficient (Wildman–Crippen LogP) is 3.93. The Hall–Kier alpha value is 0.01000. The Labute approximate surface area is 105 Å². The van der Waals surface area contributed by atoms with Crippen molar-refractivity contribution in [1.82, 2.24) is 5.32 Å². The summed E-state index contributed by atoms with van der Waals surface area (Å²) in [6.45, 7) is 5.47. The number of hydrogen-bond donors (Lipinski definition) is 1. The van der Waals surface area contributed by atoms with E-state index < -0.39 is 0 Å². The lowest BCUT2D eigenvalue weighted by atomic mass is 10.4. The zero-order chi connectivity index (χ0) is 11.1. The molecule has 0 aliphatic carbocycles. The van der Waals surface area contributed by atoms with E-state index in [1.165, 1.54) is 17.1 Å². The lowest BCUT2D eigenvalue weighted by molar-refractivity contribution is 0.586. The fourth-order valence-electron chi connectivity index (χ4n) is 1.21. The van der Waals surface area contributed by atoms with E-state index in [9.17, 15) is 0 Å². The predicted molar refractivity (Wildman–Crippen MR) is 72.6 cm³/mol. The minimum atomic E-state index is 0.598. The minimum absolute atomic E-state index is 0.598. The molecule has 0 spiro atoms. The largest absolute Gasteiger partial charge is 0.315 e. The van der Waals surface area contributed by atoms with E-state index in [-0.39, 0.29) is 0 Å². The van der Waals surface area contributed by atoms with Crippen LogP contribution in [0.15, 0.2) is 33.6 Å². The Morgan fingerprint density at radius 2 is 2.20 bits per heavy atom. The summed E-state index contributed by atoms with van der Waals surface area (Å²) in [5, 5.41) is 3.42. The van der Waals surface area contributed by atoms with Gasteiger partial charge >= 0.3 is 0 Å². The molecule has 1 rings (SSSR count). The molecule has 0 aliphatic heterocycles. The second-order valence-corrected chi connectivity index (χ2v) is 5.85. The quantitative estimate of drug-likeness (QED) is 0.629. The molecule has 0 saturated heterocycles. The molecule has 0 atom stereocenters. The van der Waals surface area contributed by atoms with Gasteiger partial charge in [0, 0.05) is 15.4 Å². The van der Waals surface area contributed by atoms with Crippen molar-refractivity contribution in [2.75, 3.05) is 12.3 Å². The van der Waals surface area contributed by atoms with Crippen molar-refractivity contribution in [2.45, 2.75) is 31.2 Å². The van der Waals surface area contributed by atoms with Crippen LogP contribution in [0.3, 0.4) is 0 Å². The van der Waals surface area contributed by atoms with Gasteiger partial charge in [-0.1, -0.05) is 35.8 Å². The first-order valence-corrected chi connectivity index (χ1v) is 7.08. The van der Waals surface area contributed by atoms with Crippen molar-refractivity contribution >= 4 is 27.7 Å². The molecule has 1 nitrogen and oxygen atoms in total. The van der Waals surface area contributed by atoms with Crippen molar-refractivity contribution in [3.05, 3.63) is 28.7 Å². The highest BCUT2D eigenvalue weighted by molar-refractivity contribution is 9.10. The first kappa shape index (κ1) is 13.1. The molecule has 15 heavy (non-hydrogen) atoms. The first-order chi connectivity index (χ1) is 7.18. The third-order valence-corrected chi connectivity index (χ3v) is 3.51. The van der Waals surface area contributed by atoms with Gasteiger partial charge in [-0.2, -0.15) is 0 Å². The molecule has 0 heterocycles. The molecule has 0 saturated carbocycles. The number of halogens is 1. The van der Waals surface area contributed by atoms with Gasteiger partial charge in [0.2, 0.25) is 0 Å². The topological polar surface area (TPSA) is 12.0 Å². The fraction of sp³-hybridized carbons (Fsp3) is 0.500. The van der Waals surface area contributed by atoms with Crippen LogP contribution in [0.5, 0.6) is 0 Å². The first-order valence-electron chi connectivity index (χ1n) is 5.30. The van der Waals surface area contributed by atoms with Gasteiger partial charge in [-0.25, -0.2) is 0 Å². The smallest absolute Gasteiger partial charge is 0.0186 e. The summed E-state index contributed by atoms with van der Waals surface area (Å²) in [6.07, 6.45) is 1.22. The highest BCUT2D eigenvalue weighted by Gasteiger charge is 1.96. The van der Waals surface area contributed by atoms with E-state index in [2.05, 4.69) is 59.4 Å². The van der Waals surface area contributed by atoms with Gasteiger partial charge < -0.3 is 5.32 Å². The molecule has 1 N–H and O–H groups in total. The lowest BCUT2D eigenvalue weighted by Crippen LogP contribution is -2.23. The fourth-order valence-corrected chi connectivity index (χ4v) is 2.67. The summed E-state index contributed by atoms with van der Waals surface area (Å²) in [4.78, 5) is 1.34. The molecule has 1 aromatic rings. The van der Waals surface area contributed by atoms with E-state index in [0.717, 1.165) is 11.0 Å². The molecule has 0 radical (unpaired) electrons. The van der Waals surface area contributed by atoms with Gasteiger partial charge in [0.15, 0.2) is 0 Å². The van der Waals surface area contributed by atoms with Crippen LogP contribution >= 0.6 is 27.7 Å². The van der Waals surface area contributed by atoms with Crippen LogP contribution in [0, 0.1) is 0 Å². The van der Waals surface area contributed by atoms with Gasteiger partial charge in [0.05, 0.1) is 0 Å². The molecular weight excluding hydrogens is 270 g/mol. The van der Waals surface area contributed by atoms with Crippen molar-refractivity contribution in [2.24, 2.45) is 0 Å². The van der Waals surface area contributed by atoms with Crippen molar-refractivity contribution in [3.8, 4) is 0 Å². The number of hydrogen-bond acceptors (Lipinski definition) is 2. The van der Waals surface area contributed by atoms with E-state index in [1.807, 2.05) is 11.8 Å². The second-order valence-electron chi connectivity index (χ2n) is 3.77. The molecule has 0 amide bonds. The van der Waals surface area contributed by atoms with Crippen LogP contribution in [-0.2, 0) is 0 Å². The average Bonchev–Trinajstić information content (AvgIpc) is 2.17. The van der Waals surface area contributed by atoms with Gasteiger partial charge in [0.25, 0.3) is 0 Å². The molecular formula is C12H18BrNS. The molecule has 3 heteroatoms. The van der Waals surface area contributed by atoms with Crippen molar-refractivity contribution < 1.29 is 0 Å². The third kappa shape index (κ3) is 6.23. The summed E-state index contributed by atoms with van der Waals surface area (Å²) in [5.41, 5.74) is 0. The van der Waals surface area contributed by atoms with Crippen LogP contribution in [0.1, 0.15) is 20.3 Å². The Bertz CT molecular complexity index is 289. The molecule has 1 aromatic carbocycles. The van der Waals surface area contributed by atoms with Crippen molar-refractivity contribution in [1.29, 1.82) is 0 Å². The SMILES string of the molecule is CC(C)NCCCSc1cccc(Br)c1. The van der Waals surface area contributed by atoms with E-state index in [0.29, 0.717) is 6.04 Å². The molecule has 0 aliphatic rings. The van der Waals surface area contributed by atoms with E-state index >= 15 is 0 Å². The second kappa shape index (κ2) is 7.31. The highest BCUT2D eigenvalue weighted by Crippen LogP contribution is 2.22. The van der Waals surface area contributed by atoms with Crippen LogP contribution < -0.4 is 5.32 Å². The van der Waals surface area contributed by atoms with Gasteiger partial charge in [-0.05, 0) is 36.9 Å². The van der Waals surface area contributed by atoms with Crippen LogP contribution in [0.4, 0.5) is 0 Å². The van der Waals surface area contributed by atoms with Gasteiger partial charge in [-0.15, -0.1) is 11.8 Å². The molecule has 0 aromatic heterocycles. The maximum atomic E-state index is 3.48. The summed E-state index contributed by atoms with van der Waals surface area (Å²) in [7, 11) is 0. The Morgan fingerprint density at radius 1 is 1.40 bits per heavy atom. The number of benzene rings is 1. The third-order valence-electron chi connectivity index (χ3n) is 1.94. The standard InChI is InChI=1S/C12H18BrNS/c1-10(2)14-7-4-8-15-12-6-3-5-11(13)9-12/h3,5-6,9-10,14H,4,7-8H2,1-2H3. The summed E-state index contributed by atoms with van der Waals surface area (Å²) in [6, 6.07) is 9.07. The zero-order valence-electron chi connectivity index (χ0n) is 9.29. The van der Waals surface area contributed by atoms with Crippen LogP contribution in [0.2, 0.25) is 0 Å². The summed E-state index contributed by atoms with van der Waals surface area (Å²) in [5.74, 6) is 1.18. The monoisotopic (exact) mass is 287 g/mol. The number of nitrogens with one attached hydrogen (secondary N) is 1. The maximum Gasteiger partial charge on any atom is 0.0186 e. The van der Waals surface area contributed by atoms with Crippen molar-refractivity contribution in [3.63, 3.8) is 0 Å². The Kier molecular flexibility index (Phi) is 6.37. The van der Waals surface area contributed by atoms with E-state index in [4.69, 9.17) is 0 Å². The Balaban J connectivity index is 2.15. The molecule has 0 unspecified atom stereocenters. The maximum absolute atomic E-state index is 3.48. The zero-order valence-corrected chi connectivity index (χ0v) is 11.7. The molecule has 0 bridgehead atoms. The normalized spacial score (nSPS) is 10.9. The minimum Gasteiger partial charge on any atom is -0.315 e. The number of rotatable bonds is 6. The Morgan fingerprint density at radius 3 is 2.87 bits per heavy atom. The average molecular weight is 288 g/mol. The van der Waals surface area contributed by atoms with Gasteiger partial charge in [0.1, 0.15) is 0 Å². The lowest BCUT2D eigenvalue weighted by Gasteiger charge is -2.07. The van der Waals surface area contributed by atoms with Gasteiger partial charge in [-0.3, -0.25) is 0 Å². The summed E-state index contributed by atoms with van der Waals surface area (Å²) < 4.78 is 1.16. The number of thioether (sulfide) groups is 1. The van der Waals surface area contributed by atoms with Crippen LogP contribution in [0.25, 0.3) is 0 Å². The van der Waals surface area contributed by atoms with E-state index in [1.54, 1.807) is 0 Å². The van der Waals surface area contributed by atoms with Crippen LogP contribution in [-0.4, -0.2) is 18.3 Å². The summed E-state index contributed by atoms with van der Waals surface area (Å²) >= 11 is 5.39. The molecule has 84 valence electrons. The molecule has 0 fully saturated rings.